The molecule has 1 aromatic heterocycles. The van der Waals surface area contributed by atoms with Gasteiger partial charge in [0.05, 0.1) is 6.20 Å². The molecule has 0 spiro atoms. The molecule has 160 valence electrons. The molecule has 4 rings (SSSR count). The minimum Gasteiger partial charge on any atom is -0.340 e. The number of rotatable bonds is 7. The molecule has 7 heteroatoms. The lowest BCUT2D eigenvalue weighted by molar-refractivity contribution is -0.135. The molecule has 3 fully saturated rings. The van der Waals surface area contributed by atoms with Gasteiger partial charge in [-0.2, -0.15) is 0 Å². The summed E-state index contributed by atoms with van der Waals surface area (Å²) in [6, 6.07) is 0.293. The van der Waals surface area contributed by atoms with E-state index in [-0.39, 0.29) is 5.91 Å². The smallest absolute Gasteiger partial charge is 0.276 e. The molecular weight excluding hydrogens is 366 g/mol. The molecule has 0 radical (unpaired) electrons. The molecule has 1 saturated carbocycles. The van der Waals surface area contributed by atoms with Gasteiger partial charge in [0, 0.05) is 38.6 Å². The quantitative estimate of drug-likeness (QED) is 0.703. The third kappa shape index (κ3) is 5.17. The summed E-state index contributed by atoms with van der Waals surface area (Å²) in [6.45, 7) is 3.25. The summed E-state index contributed by atoms with van der Waals surface area (Å²) in [6.07, 6.45) is 15.2. The Morgan fingerprint density at radius 1 is 0.931 bits per heavy atom. The third-order valence-electron chi connectivity index (χ3n) is 7.03. The fraction of sp³-hybridized carbons (Fsp3) is 0.818. The summed E-state index contributed by atoms with van der Waals surface area (Å²) in [5, 5.41) is 8.26. The van der Waals surface area contributed by atoms with E-state index in [0.717, 1.165) is 64.1 Å². The average Bonchev–Trinajstić information content (AvgIpc) is 3.52. The molecule has 3 heterocycles. The van der Waals surface area contributed by atoms with Crippen molar-refractivity contribution in [3.8, 4) is 0 Å². The summed E-state index contributed by atoms with van der Waals surface area (Å²) in [7, 11) is 0. The Morgan fingerprint density at radius 3 is 2.45 bits per heavy atom. The normalized spacial score (nSPS) is 23.1. The zero-order chi connectivity index (χ0) is 20.1. The second-order valence-corrected chi connectivity index (χ2v) is 9.08. The van der Waals surface area contributed by atoms with Crippen molar-refractivity contribution in [2.45, 2.75) is 89.6 Å². The monoisotopic (exact) mass is 401 g/mol. The Labute approximate surface area is 173 Å². The Morgan fingerprint density at radius 2 is 1.66 bits per heavy atom. The standard InChI is InChI=1S/C22H35N5O2/c28-21(11-10-18-7-1-2-8-18)27-15-4-3-9-19(27)12-16-26-17-20(23-24-26)22(29)25-13-5-6-14-25/h17-19H,1-16H2. The van der Waals surface area contributed by atoms with Crippen LogP contribution in [-0.4, -0.2) is 62.3 Å². The van der Waals surface area contributed by atoms with Crippen LogP contribution in [0.15, 0.2) is 6.20 Å². The highest BCUT2D eigenvalue weighted by Crippen LogP contribution is 2.29. The van der Waals surface area contributed by atoms with Crippen molar-refractivity contribution < 1.29 is 9.59 Å². The maximum atomic E-state index is 12.9. The van der Waals surface area contributed by atoms with Gasteiger partial charge in [0.25, 0.3) is 5.91 Å². The maximum Gasteiger partial charge on any atom is 0.276 e. The summed E-state index contributed by atoms with van der Waals surface area (Å²) in [5.41, 5.74) is 0.444. The molecule has 3 aliphatic rings. The van der Waals surface area contributed by atoms with Gasteiger partial charge < -0.3 is 9.80 Å². The van der Waals surface area contributed by atoms with Crippen LogP contribution >= 0.6 is 0 Å². The Hall–Kier alpha value is -1.92. The largest absolute Gasteiger partial charge is 0.340 e. The van der Waals surface area contributed by atoms with Crippen LogP contribution in [0.4, 0.5) is 0 Å². The Kier molecular flexibility index (Phi) is 6.82. The third-order valence-corrected chi connectivity index (χ3v) is 7.03. The van der Waals surface area contributed by atoms with Crippen molar-refractivity contribution in [3.63, 3.8) is 0 Å². The number of carbonyl (C=O) groups is 2. The first-order valence-corrected chi connectivity index (χ1v) is 11.7. The highest BCUT2D eigenvalue weighted by molar-refractivity contribution is 5.92. The van der Waals surface area contributed by atoms with Crippen LogP contribution in [0, 0.1) is 5.92 Å². The van der Waals surface area contributed by atoms with E-state index in [1.54, 1.807) is 10.9 Å². The lowest BCUT2D eigenvalue weighted by Crippen LogP contribution is -2.44. The van der Waals surface area contributed by atoms with E-state index in [4.69, 9.17) is 0 Å². The topological polar surface area (TPSA) is 71.3 Å². The summed E-state index contributed by atoms with van der Waals surface area (Å²) in [4.78, 5) is 29.3. The van der Waals surface area contributed by atoms with Gasteiger partial charge in [-0.05, 0) is 50.9 Å². The first kappa shape index (κ1) is 20.4. The maximum absolute atomic E-state index is 12.9. The van der Waals surface area contributed by atoms with Crippen LogP contribution in [0.3, 0.4) is 0 Å². The van der Waals surface area contributed by atoms with Crippen molar-refractivity contribution in [1.82, 2.24) is 24.8 Å². The number of hydrogen-bond acceptors (Lipinski definition) is 4. The Bertz CT molecular complexity index is 691. The highest BCUT2D eigenvalue weighted by atomic mass is 16.2. The molecule has 1 unspecified atom stereocenters. The van der Waals surface area contributed by atoms with Crippen LogP contribution in [0.2, 0.25) is 0 Å². The van der Waals surface area contributed by atoms with Gasteiger partial charge in [-0.25, -0.2) is 0 Å². The van der Waals surface area contributed by atoms with E-state index in [1.165, 1.54) is 32.1 Å². The second kappa shape index (κ2) is 9.72. The van der Waals surface area contributed by atoms with Gasteiger partial charge in [0.1, 0.15) is 0 Å². The van der Waals surface area contributed by atoms with E-state index >= 15 is 0 Å². The zero-order valence-electron chi connectivity index (χ0n) is 17.6. The van der Waals surface area contributed by atoms with E-state index in [2.05, 4.69) is 15.2 Å². The molecule has 7 nitrogen and oxygen atoms in total. The molecule has 1 aliphatic carbocycles. The fourth-order valence-corrected chi connectivity index (χ4v) is 5.27. The molecule has 2 saturated heterocycles. The van der Waals surface area contributed by atoms with Crippen LogP contribution in [0.25, 0.3) is 0 Å². The van der Waals surface area contributed by atoms with Gasteiger partial charge in [-0.15, -0.1) is 5.10 Å². The van der Waals surface area contributed by atoms with Crippen molar-refractivity contribution >= 4 is 11.8 Å². The van der Waals surface area contributed by atoms with Gasteiger partial charge >= 0.3 is 0 Å². The van der Waals surface area contributed by atoms with Crippen LogP contribution < -0.4 is 0 Å². The van der Waals surface area contributed by atoms with E-state index < -0.39 is 0 Å². The predicted octanol–water partition coefficient (Wildman–Crippen LogP) is 3.26. The number of likely N-dealkylation sites (tertiary alicyclic amines) is 2. The second-order valence-electron chi connectivity index (χ2n) is 9.08. The lowest BCUT2D eigenvalue weighted by Gasteiger charge is -2.36. The molecule has 1 atom stereocenters. The van der Waals surface area contributed by atoms with E-state index in [9.17, 15) is 9.59 Å². The van der Waals surface area contributed by atoms with E-state index in [1.807, 2.05) is 4.90 Å². The molecule has 0 aromatic carbocycles. The SMILES string of the molecule is O=C(c1cn(CCC2CCCCN2C(=O)CCC2CCCC2)nn1)N1CCCC1. The number of hydrogen-bond donors (Lipinski definition) is 0. The molecular formula is C22H35N5O2. The van der Waals surface area contributed by atoms with Crippen molar-refractivity contribution in [1.29, 1.82) is 0 Å². The van der Waals surface area contributed by atoms with E-state index in [0.29, 0.717) is 30.6 Å². The number of aromatic nitrogens is 3. The summed E-state index contributed by atoms with van der Waals surface area (Å²) >= 11 is 0. The Balaban J connectivity index is 1.28. The molecule has 0 N–H and O–H groups in total. The first-order chi connectivity index (χ1) is 14.2. The van der Waals surface area contributed by atoms with Crippen LogP contribution in [0.1, 0.15) is 87.5 Å². The number of carbonyl (C=O) groups excluding carboxylic acids is 2. The first-order valence-electron chi connectivity index (χ1n) is 11.7. The van der Waals surface area contributed by atoms with Gasteiger partial charge in [-0.1, -0.05) is 30.9 Å². The average molecular weight is 402 g/mol. The molecule has 1 aromatic rings. The van der Waals surface area contributed by atoms with Gasteiger partial charge in [0.2, 0.25) is 5.91 Å². The van der Waals surface area contributed by atoms with Crippen LogP contribution in [0.5, 0.6) is 0 Å². The predicted molar refractivity (Wildman–Crippen MR) is 110 cm³/mol. The van der Waals surface area contributed by atoms with Crippen molar-refractivity contribution in [2.75, 3.05) is 19.6 Å². The lowest BCUT2D eigenvalue weighted by atomic mass is 9.97. The molecule has 0 bridgehead atoms. The minimum absolute atomic E-state index is 0.00451. The minimum atomic E-state index is -0.00451. The van der Waals surface area contributed by atoms with Gasteiger partial charge in [-0.3, -0.25) is 14.3 Å². The van der Waals surface area contributed by atoms with Crippen LogP contribution in [-0.2, 0) is 11.3 Å². The summed E-state index contributed by atoms with van der Waals surface area (Å²) in [5.74, 6) is 1.10. The fourth-order valence-electron chi connectivity index (χ4n) is 5.27. The highest BCUT2D eigenvalue weighted by Gasteiger charge is 2.28. The van der Waals surface area contributed by atoms with Crippen molar-refractivity contribution in [3.05, 3.63) is 11.9 Å². The number of aryl methyl sites for hydroxylation is 1. The number of amides is 2. The summed E-state index contributed by atoms with van der Waals surface area (Å²) < 4.78 is 1.78. The zero-order valence-corrected chi connectivity index (χ0v) is 17.6. The molecule has 29 heavy (non-hydrogen) atoms. The molecule has 2 aliphatic heterocycles. The van der Waals surface area contributed by atoms with Crippen molar-refractivity contribution in [2.24, 2.45) is 5.92 Å². The molecule has 2 amide bonds. The number of piperidine rings is 1. The van der Waals surface area contributed by atoms with Gasteiger partial charge in [0.15, 0.2) is 5.69 Å². The number of nitrogens with zero attached hydrogens (tertiary/aromatic N) is 5.